The number of likely N-dealkylation sites (tertiary alicyclic amines) is 1. The van der Waals surface area contributed by atoms with E-state index in [0.29, 0.717) is 24.6 Å². The van der Waals surface area contributed by atoms with Gasteiger partial charge in [0.05, 0.1) is 5.56 Å². The Morgan fingerprint density at radius 3 is 2.10 bits per heavy atom. The first-order valence-corrected chi connectivity index (χ1v) is 10.3. The van der Waals surface area contributed by atoms with Crippen LogP contribution < -0.4 is 0 Å². The van der Waals surface area contributed by atoms with E-state index < -0.39 is 5.60 Å². The van der Waals surface area contributed by atoms with Gasteiger partial charge in [-0.05, 0) is 46.5 Å². The number of hydrogen-bond acceptors (Lipinski definition) is 7. The zero-order chi connectivity index (χ0) is 21.3. The molecule has 2 aromatic heterocycles. The van der Waals surface area contributed by atoms with Crippen LogP contribution in [0.1, 0.15) is 56.8 Å². The van der Waals surface area contributed by atoms with E-state index in [1.165, 1.54) is 12.7 Å². The van der Waals surface area contributed by atoms with Crippen molar-refractivity contribution in [2.45, 2.75) is 64.1 Å². The third kappa shape index (κ3) is 4.58. The number of amides is 2. The average molecular weight is 413 g/mol. The molecule has 1 aliphatic heterocycles. The highest BCUT2D eigenvalue weighted by atomic mass is 16.6. The second kappa shape index (κ2) is 8.00. The highest BCUT2D eigenvalue weighted by molar-refractivity contribution is 5.94. The predicted molar refractivity (Wildman–Crippen MR) is 107 cm³/mol. The Kier molecular flexibility index (Phi) is 5.40. The van der Waals surface area contributed by atoms with Gasteiger partial charge in [-0.15, -0.1) is 10.2 Å². The van der Waals surface area contributed by atoms with Crippen LogP contribution in [-0.4, -0.2) is 77.3 Å². The highest BCUT2D eigenvalue weighted by Crippen LogP contribution is 2.33. The molecule has 2 aliphatic rings. The highest BCUT2D eigenvalue weighted by Gasteiger charge is 2.40. The van der Waals surface area contributed by atoms with Crippen molar-refractivity contribution in [3.8, 4) is 5.95 Å². The Hall–Kier alpha value is -3.04. The Bertz CT molecular complexity index is 880. The van der Waals surface area contributed by atoms with Crippen LogP contribution in [-0.2, 0) is 4.74 Å². The van der Waals surface area contributed by atoms with E-state index in [1.807, 2.05) is 25.7 Å². The summed E-state index contributed by atoms with van der Waals surface area (Å²) in [6, 6.07) is 0.356. The first kappa shape index (κ1) is 20.2. The first-order valence-electron chi connectivity index (χ1n) is 10.3. The van der Waals surface area contributed by atoms with Crippen molar-refractivity contribution < 1.29 is 14.3 Å². The van der Waals surface area contributed by atoms with Gasteiger partial charge in [-0.2, -0.15) is 0 Å². The summed E-state index contributed by atoms with van der Waals surface area (Å²) in [6.45, 7) is 6.75. The van der Waals surface area contributed by atoms with Gasteiger partial charge in [-0.25, -0.2) is 14.8 Å². The maximum absolute atomic E-state index is 13.2. The molecule has 0 radical (unpaired) electrons. The molecule has 30 heavy (non-hydrogen) atoms. The zero-order valence-electron chi connectivity index (χ0n) is 17.6. The normalized spacial score (nSPS) is 17.6. The SMILES string of the molecule is CC(C)(C)OC(=O)N1CCC(N(C(=O)c2cnc(-n3cnnc3)nc2)C2CC2)CC1. The lowest BCUT2D eigenvalue weighted by molar-refractivity contribution is 0.0142. The Labute approximate surface area is 175 Å². The molecule has 4 rings (SSSR count). The fourth-order valence-corrected chi connectivity index (χ4v) is 3.65. The Morgan fingerprint density at radius 1 is 1.00 bits per heavy atom. The summed E-state index contributed by atoms with van der Waals surface area (Å²) in [5.41, 5.74) is -0.0450. The van der Waals surface area contributed by atoms with Crippen LogP contribution in [0.5, 0.6) is 0 Å². The van der Waals surface area contributed by atoms with Gasteiger partial charge < -0.3 is 14.5 Å². The van der Waals surface area contributed by atoms with Gasteiger partial charge in [0.15, 0.2) is 0 Å². The maximum atomic E-state index is 13.2. The molecular weight excluding hydrogens is 386 g/mol. The second-order valence-corrected chi connectivity index (χ2v) is 8.78. The first-order chi connectivity index (χ1) is 14.3. The van der Waals surface area contributed by atoms with Gasteiger partial charge in [0.25, 0.3) is 5.91 Å². The summed E-state index contributed by atoms with van der Waals surface area (Å²) in [5, 5.41) is 7.47. The number of carbonyl (C=O) groups excluding carboxylic acids is 2. The number of nitrogens with zero attached hydrogens (tertiary/aromatic N) is 7. The van der Waals surface area contributed by atoms with Crippen molar-refractivity contribution in [2.75, 3.05) is 13.1 Å². The molecule has 10 heteroatoms. The van der Waals surface area contributed by atoms with Gasteiger partial charge in [0, 0.05) is 37.6 Å². The van der Waals surface area contributed by atoms with Crippen molar-refractivity contribution in [3.05, 3.63) is 30.6 Å². The summed E-state index contributed by atoms with van der Waals surface area (Å²) in [5.74, 6) is 0.365. The van der Waals surface area contributed by atoms with Gasteiger partial charge >= 0.3 is 6.09 Å². The molecule has 160 valence electrons. The topological polar surface area (TPSA) is 106 Å². The Balaban J connectivity index is 1.41. The van der Waals surface area contributed by atoms with Crippen LogP contribution in [0.4, 0.5) is 4.79 Å². The van der Waals surface area contributed by atoms with Crippen molar-refractivity contribution in [3.63, 3.8) is 0 Å². The third-order valence-electron chi connectivity index (χ3n) is 5.22. The van der Waals surface area contributed by atoms with E-state index in [4.69, 9.17) is 4.74 Å². The number of hydrogen-bond donors (Lipinski definition) is 0. The largest absolute Gasteiger partial charge is 0.444 e. The minimum absolute atomic E-state index is 0.0523. The number of rotatable bonds is 4. The van der Waals surface area contributed by atoms with E-state index in [1.54, 1.807) is 21.9 Å². The molecule has 0 atom stereocenters. The van der Waals surface area contributed by atoms with E-state index in [9.17, 15) is 9.59 Å². The van der Waals surface area contributed by atoms with E-state index in [0.717, 1.165) is 25.7 Å². The van der Waals surface area contributed by atoms with Gasteiger partial charge in [0.2, 0.25) is 5.95 Å². The lowest BCUT2D eigenvalue weighted by atomic mass is 10.0. The molecule has 0 N–H and O–H groups in total. The van der Waals surface area contributed by atoms with E-state index >= 15 is 0 Å². The van der Waals surface area contributed by atoms with Crippen LogP contribution >= 0.6 is 0 Å². The summed E-state index contributed by atoms with van der Waals surface area (Å²) < 4.78 is 7.05. The molecule has 2 aromatic rings. The average Bonchev–Trinajstić information content (AvgIpc) is 3.39. The molecule has 3 heterocycles. The molecule has 2 fully saturated rings. The number of carbonyl (C=O) groups is 2. The smallest absolute Gasteiger partial charge is 0.410 e. The third-order valence-corrected chi connectivity index (χ3v) is 5.22. The molecule has 1 saturated heterocycles. The quantitative estimate of drug-likeness (QED) is 0.755. The zero-order valence-corrected chi connectivity index (χ0v) is 17.6. The standard InChI is InChI=1S/C20H27N7O3/c1-20(2,3)30-19(29)25-8-6-16(7-9-25)27(15-4-5-15)17(28)14-10-21-18(22-11-14)26-12-23-24-13-26/h10-13,15-16H,4-9H2,1-3H3. The molecule has 1 aliphatic carbocycles. The van der Waals surface area contributed by atoms with Crippen molar-refractivity contribution in [1.29, 1.82) is 0 Å². The number of aromatic nitrogens is 5. The van der Waals surface area contributed by atoms with Crippen molar-refractivity contribution in [2.24, 2.45) is 0 Å². The molecule has 0 aromatic carbocycles. The van der Waals surface area contributed by atoms with Crippen molar-refractivity contribution in [1.82, 2.24) is 34.5 Å². The minimum Gasteiger partial charge on any atom is -0.444 e. The van der Waals surface area contributed by atoms with Crippen molar-refractivity contribution >= 4 is 12.0 Å². The summed E-state index contributed by atoms with van der Waals surface area (Å²) in [6.07, 6.45) is 9.32. The molecule has 0 spiro atoms. The maximum Gasteiger partial charge on any atom is 0.410 e. The molecule has 1 saturated carbocycles. The van der Waals surface area contributed by atoms with E-state index in [2.05, 4.69) is 20.2 Å². The lowest BCUT2D eigenvalue weighted by Crippen LogP contribution is -2.50. The summed E-state index contributed by atoms with van der Waals surface area (Å²) in [7, 11) is 0. The molecule has 10 nitrogen and oxygen atoms in total. The number of piperidine rings is 1. The van der Waals surface area contributed by atoms with Gasteiger partial charge in [-0.1, -0.05) is 0 Å². The molecular formula is C20H27N7O3. The molecule has 0 bridgehead atoms. The van der Waals surface area contributed by atoms with Crippen LogP contribution in [0, 0.1) is 0 Å². The molecule has 2 amide bonds. The summed E-state index contributed by atoms with van der Waals surface area (Å²) >= 11 is 0. The lowest BCUT2D eigenvalue weighted by Gasteiger charge is -2.39. The predicted octanol–water partition coefficient (Wildman–Crippen LogP) is 2.06. The minimum atomic E-state index is -0.511. The van der Waals surface area contributed by atoms with Crippen LogP contribution in [0.2, 0.25) is 0 Å². The fourth-order valence-electron chi connectivity index (χ4n) is 3.65. The fraction of sp³-hybridized carbons (Fsp3) is 0.600. The van der Waals surface area contributed by atoms with Crippen LogP contribution in [0.15, 0.2) is 25.0 Å². The molecule has 0 unspecified atom stereocenters. The monoisotopic (exact) mass is 413 g/mol. The second-order valence-electron chi connectivity index (χ2n) is 8.78. The van der Waals surface area contributed by atoms with E-state index in [-0.39, 0.29) is 24.1 Å². The van der Waals surface area contributed by atoms with Gasteiger partial charge in [0.1, 0.15) is 18.3 Å². The summed E-state index contributed by atoms with van der Waals surface area (Å²) in [4.78, 5) is 37.8. The Morgan fingerprint density at radius 2 is 1.57 bits per heavy atom. The van der Waals surface area contributed by atoms with Crippen LogP contribution in [0.25, 0.3) is 5.95 Å². The number of ether oxygens (including phenoxy) is 1. The van der Waals surface area contributed by atoms with Gasteiger partial charge in [-0.3, -0.25) is 9.36 Å². The van der Waals surface area contributed by atoms with Crippen LogP contribution in [0.3, 0.4) is 0 Å².